The van der Waals surface area contributed by atoms with Gasteiger partial charge < -0.3 is 43.8 Å². The zero-order valence-corrected chi connectivity index (χ0v) is 61.4. The van der Waals surface area contributed by atoms with E-state index in [1.165, 1.54) is 65.7 Å². The van der Waals surface area contributed by atoms with Gasteiger partial charge in [-0.2, -0.15) is 0 Å². The molecule has 0 radical (unpaired) electrons. The molecule has 4 N–H and O–H groups in total. The van der Waals surface area contributed by atoms with Crippen LogP contribution in [0.4, 0.5) is 22.7 Å². The third kappa shape index (κ3) is 16.1. The third-order valence-electron chi connectivity index (χ3n) is 21.1. The molecule has 0 unspecified atom stereocenters. The van der Waals surface area contributed by atoms with Gasteiger partial charge in [-0.25, -0.2) is 0 Å². The summed E-state index contributed by atoms with van der Waals surface area (Å²) in [6.07, 6.45) is 19.3. The lowest BCUT2D eigenvalue weighted by Crippen LogP contribution is -2.51. The van der Waals surface area contributed by atoms with Gasteiger partial charge in [-0.15, -0.1) is 0 Å². The minimum atomic E-state index is -2.03. The molecule has 0 atom stereocenters. The number of carbonyl (C=O) groups excluding carboxylic acids is 1. The lowest BCUT2D eigenvalue weighted by Gasteiger charge is -2.44. The number of likely N-dealkylation sites (N-methyl/N-ethyl adjacent to an activating group) is 2. The average Bonchev–Trinajstić information content (AvgIpc) is 1.62. The summed E-state index contributed by atoms with van der Waals surface area (Å²) in [5, 5.41) is 37.3. The van der Waals surface area contributed by atoms with Gasteiger partial charge in [0, 0.05) is 151 Å². The number of hydrogen-bond donors (Lipinski definition) is 3. The second-order valence-corrected chi connectivity index (χ2v) is 40.3. The standard InChI is InChI=1S/C23H35N3O2Si.C23H39N3Si.C14H15N3O2.C8H6N2O2.C6H11NO/c1-16(2)29(17(3)4,18(5)6)25-15-22(19-10-12-24(7)13-11-19)21-9-8-20(26(27)28)14-23(21)25;1-16(2)27(17(3)4,18(5)6)26-15-22(19-10-12-25(7)13-11-19)21-9-8-20(24)14-23(21)26;1-16-6-4-10(5-7-16)13-9-15-14-8-11(17(18)19)2-3-12(13)14;11-10(12)7-2-1-6-3-4-9-8(6)5-7;1-7-4-2-6(8)3-5-7/h8-10,14-18H,11-13H2,1-7H3;8-9,14-19H,10-13,24H2,1-7H3;2-4,8-9,15H,5-7H2,1H3;1-5,9H;2-5H2,1H3. The van der Waals surface area contributed by atoms with E-state index in [1.807, 2.05) is 37.5 Å². The largest absolute Gasteiger partial charge is 0.399 e. The maximum atomic E-state index is 11.5. The van der Waals surface area contributed by atoms with E-state index in [2.05, 4.69) is 185 Å². The van der Waals surface area contributed by atoms with E-state index < -0.39 is 21.4 Å². The van der Waals surface area contributed by atoms with Crippen LogP contribution in [0.15, 0.2) is 116 Å². The zero-order valence-electron chi connectivity index (χ0n) is 59.4. The molecule has 19 nitrogen and oxygen atoms in total. The highest BCUT2D eigenvalue weighted by Gasteiger charge is 2.48. The molecule has 8 aromatic rings. The Morgan fingerprint density at radius 3 is 1.42 bits per heavy atom. The number of aromatic amines is 2. The number of ketones is 1. The molecule has 4 aliphatic rings. The highest BCUT2D eigenvalue weighted by Crippen LogP contribution is 2.49. The van der Waals surface area contributed by atoms with Crippen LogP contribution in [-0.2, 0) is 4.79 Å². The number of Topliss-reactive ketones (excluding diaryl/α,β-unsaturated/α-hetero) is 1. The second-order valence-electron chi connectivity index (χ2n) is 28.9. The third-order valence-corrected chi connectivity index (χ3v) is 34.6. The van der Waals surface area contributed by atoms with Crippen LogP contribution in [0.5, 0.6) is 0 Å². The Bertz CT molecular complexity index is 4000. The average molecular weight is 1330 g/mol. The van der Waals surface area contributed by atoms with E-state index >= 15 is 0 Å². The number of likely N-dealkylation sites (tertiary alicyclic amines) is 2. The second kappa shape index (κ2) is 31.6. The molecule has 2 fully saturated rings. The molecule has 21 heteroatoms. The Morgan fingerprint density at radius 1 is 0.484 bits per heavy atom. The normalized spacial score (nSPS) is 16.6. The molecule has 8 heterocycles. The zero-order chi connectivity index (χ0) is 69.4. The summed E-state index contributed by atoms with van der Waals surface area (Å²) in [6.45, 7) is 37.0. The van der Waals surface area contributed by atoms with Crippen LogP contribution in [0.2, 0.25) is 33.2 Å². The summed E-state index contributed by atoms with van der Waals surface area (Å²) in [7, 11) is 4.72. The van der Waals surface area contributed by atoms with Gasteiger partial charge in [0.15, 0.2) is 16.5 Å². The topological polar surface area (TPSA) is 227 Å². The van der Waals surface area contributed by atoms with Gasteiger partial charge >= 0.3 is 0 Å². The minimum absolute atomic E-state index is 0.116. The Morgan fingerprint density at radius 2 is 0.926 bits per heavy atom. The molecule has 95 heavy (non-hydrogen) atoms. The van der Waals surface area contributed by atoms with Crippen LogP contribution in [0.25, 0.3) is 54.8 Å². The number of fused-ring (bicyclic) bond motifs is 4. The van der Waals surface area contributed by atoms with Crippen molar-refractivity contribution in [2.75, 3.05) is 86.3 Å². The van der Waals surface area contributed by atoms with E-state index in [-0.39, 0.29) is 26.9 Å². The molecule has 4 aliphatic heterocycles. The quantitative estimate of drug-likeness (QED) is 0.0400. The van der Waals surface area contributed by atoms with Crippen LogP contribution < -0.4 is 5.73 Å². The first-order valence-electron chi connectivity index (χ1n) is 34.3. The first kappa shape index (κ1) is 73.3. The maximum Gasteiger partial charge on any atom is 0.271 e. The highest BCUT2D eigenvalue weighted by atomic mass is 28.3. The summed E-state index contributed by atoms with van der Waals surface area (Å²) in [4.78, 5) is 57.5. The molecule has 0 amide bonds. The number of non-ortho nitro benzene ring substituents is 3. The van der Waals surface area contributed by atoms with Gasteiger partial charge in [-0.3, -0.25) is 35.1 Å². The van der Waals surface area contributed by atoms with E-state index in [1.54, 1.807) is 36.0 Å². The number of nitrogen functional groups attached to an aromatic ring is 1. The van der Waals surface area contributed by atoms with Crippen molar-refractivity contribution in [2.24, 2.45) is 0 Å². The van der Waals surface area contributed by atoms with Crippen LogP contribution in [0.1, 0.15) is 144 Å². The Kier molecular flexibility index (Phi) is 24.3. The summed E-state index contributed by atoms with van der Waals surface area (Å²) >= 11 is 0. The van der Waals surface area contributed by atoms with Gasteiger partial charge in [0.25, 0.3) is 17.1 Å². The number of aromatic nitrogens is 4. The number of anilines is 1. The number of nitrogens with two attached hydrogens (primary N) is 1. The number of carbonyl (C=O) groups is 1. The van der Waals surface area contributed by atoms with Gasteiger partial charge in [0.1, 0.15) is 5.78 Å². The summed E-state index contributed by atoms with van der Waals surface area (Å²) in [5.74, 6) is 1.09. The number of benzene rings is 4. The number of nitro groups is 3. The fraction of sp³-hybridized carbons (Fsp3) is 0.500. The molecular formula is C74H106N12O7Si2. The first-order valence-corrected chi connectivity index (χ1v) is 38.7. The predicted molar refractivity (Wildman–Crippen MR) is 399 cm³/mol. The van der Waals surface area contributed by atoms with Gasteiger partial charge in [-0.1, -0.05) is 101 Å². The summed E-state index contributed by atoms with van der Waals surface area (Å²) < 4.78 is 5.27. The SMILES string of the molecule is CC(C)[Si](C(C)C)(C(C)C)n1cc(C2=CCN(C)CC2)c2ccc([N+](=O)[O-])cc21.CC(C)[Si](C(C)C)(C(C)C)n1cc(C2CCN(C)CC2)c2ccc(N)cc21.CN1CC=C(c2c[nH]c3cc([N+](=O)[O-])ccc23)CC1.CN1CCC(=O)CC1.O=[N+]([O-])c1ccc2cc[nH]c2c1. The maximum absolute atomic E-state index is 11.5. The fourth-order valence-corrected chi connectivity index (χ4v) is 29.6. The van der Waals surface area contributed by atoms with Crippen molar-refractivity contribution in [3.63, 3.8) is 0 Å². The molecule has 0 saturated carbocycles. The number of hydrogen-bond acceptors (Lipinski definition) is 12. The van der Waals surface area contributed by atoms with Crippen LogP contribution in [0.3, 0.4) is 0 Å². The van der Waals surface area contributed by atoms with E-state index in [0.29, 0.717) is 44.9 Å². The van der Waals surface area contributed by atoms with E-state index in [0.717, 1.165) is 109 Å². The van der Waals surface area contributed by atoms with Crippen molar-refractivity contribution in [1.82, 2.24) is 38.0 Å². The van der Waals surface area contributed by atoms with Crippen molar-refractivity contribution >= 4 is 99.8 Å². The molecule has 512 valence electrons. The van der Waals surface area contributed by atoms with Gasteiger partial charge in [-0.05, 0) is 171 Å². The van der Waals surface area contributed by atoms with Crippen molar-refractivity contribution in [2.45, 2.75) is 161 Å². The van der Waals surface area contributed by atoms with Crippen LogP contribution in [0, 0.1) is 30.3 Å². The number of H-pyrrole nitrogens is 2. The first-order chi connectivity index (χ1) is 45.0. The van der Waals surface area contributed by atoms with E-state index in [9.17, 15) is 35.1 Å². The molecule has 0 aliphatic carbocycles. The molecule has 4 aromatic carbocycles. The number of rotatable bonds is 14. The Balaban J connectivity index is 0.000000161. The van der Waals surface area contributed by atoms with Crippen LogP contribution >= 0.6 is 0 Å². The predicted octanol–water partition coefficient (Wildman–Crippen LogP) is 17.5. The Labute approximate surface area is 564 Å². The van der Waals surface area contributed by atoms with Crippen molar-refractivity contribution in [1.29, 1.82) is 0 Å². The number of nitrogens with zero attached hydrogens (tertiary/aromatic N) is 9. The number of piperidine rings is 2. The monoisotopic (exact) mass is 1330 g/mol. The molecule has 0 bridgehead atoms. The number of nitro benzene ring substituents is 3. The smallest absolute Gasteiger partial charge is 0.271 e. The molecular weight excluding hydrogens is 1230 g/mol. The molecule has 2 saturated heterocycles. The van der Waals surface area contributed by atoms with Gasteiger partial charge in [0.2, 0.25) is 0 Å². The molecule has 0 spiro atoms. The summed E-state index contributed by atoms with van der Waals surface area (Å²) in [5.41, 5.74) is 21.9. The number of nitrogens with one attached hydrogen (secondary N) is 2. The molecule has 12 rings (SSSR count). The van der Waals surface area contributed by atoms with Crippen LogP contribution in [-0.4, -0.2) is 156 Å². The lowest BCUT2D eigenvalue weighted by atomic mass is 9.89. The lowest BCUT2D eigenvalue weighted by molar-refractivity contribution is -0.384. The fourth-order valence-electron chi connectivity index (χ4n) is 16.4. The van der Waals surface area contributed by atoms with E-state index in [4.69, 9.17) is 5.73 Å². The van der Waals surface area contributed by atoms with Crippen molar-refractivity contribution < 1.29 is 19.6 Å². The minimum Gasteiger partial charge on any atom is -0.399 e. The highest BCUT2D eigenvalue weighted by molar-refractivity contribution is 6.83. The summed E-state index contributed by atoms with van der Waals surface area (Å²) in [6, 6.07) is 23.7. The Hall–Kier alpha value is -7.54. The van der Waals surface area contributed by atoms with Crippen molar-refractivity contribution in [3.8, 4) is 0 Å². The molecule has 4 aromatic heterocycles. The van der Waals surface area contributed by atoms with Crippen molar-refractivity contribution in [3.05, 3.63) is 163 Å². The van der Waals surface area contributed by atoms with Gasteiger partial charge in [0.05, 0.1) is 25.8 Å².